The van der Waals surface area contributed by atoms with Crippen molar-refractivity contribution in [2.45, 2.75) is 44.6 Å². The Balaban J connectivity index is 1.69. The fraction of sp³-hybridized carbons (Fsp3) is 0.444. The summed E-state index contributed by atoms with van der Waals surface area (Å²) in [5.74, 6) is 1.60. The smallest absolute Gasteiger partial charge is 0.242 e. The lowest BCUT2D eigenvalue weighted by atomic mass is 10.1. The minimum Gasteiger partial charge on any atom is -0.358 e. The second-order valence-corrected chi connectivity index (χ2v) is 6.39. The number of pyridine rings is 1. The van der Waals surface area contributed by atoms with E-state index in [-0.39, 0.29) is 11.9 Å². The summed E-state index contributed by atoms with van der Waals surface area (Å²) in [7, 11) is 0. The van der Waals surface area contributed by atoms with Gasteiger partial charge in [-0.2, -0.15) is 0 Å². The number of aryl methyl sites for hydroxylation is 1. The van der Waals surface area contributed by atoms with E-state index in [1.54, 1.807) is 12.4 Å². The lowest BCUT2D eigenvalue weighted by Gasteiger charge is -2.18. The van der Waals surface area contributed by atoms with E-state index in [1.807, 2.05) is 12.1 Å². The maximum atomic E-state index is 12.2. The molecule has 2 aliphatic rings. The lowest BCUT2D eigenvalue weighted by Crippen LogP contribution is -2.38. The van der Waals surface area contributed by atoms with Crippen LogP contribution in [0, 0.1) is 0 Å². The van der Waals surface area contributed by atoms with Gasteiger partial charge >= 0.3 is 0 Å². The number of hydrogen-bond donors (Lipinski definition) is 2. The van der Waals surface area contributed by atoms with Gasteiger partial charge in [0.15, 0.2) is 5.82 Å². The van der Waals surface area contributed by atoms with Crippen molar-refractivity contribution in [3.8, 4) is 11.4 Å². The van der Waals surface area contributed by atoms with Gasteiger partial charge in [0.2, 0.25) is 5.91 Å². The molecule has 24 heavy (non-hydrogen) atoms. The maximum absolute atomic E-state index is 12.2. The van der Waals surface area contributed by atoms with E-state index in [9.17, 15) is 4.79 Å². The molecular weight excluding hydrogens is 302 g/mol. The summed E-state index contributed by atoms with van der Waals surface area (Å²) in [6.07, 6.45) is 9.46. The molecule has 1 saturated heterocycles. The van der Waals surface area contributed by atoms with Crippen LogP contribution >= 0.6 is 0 Å². The van der Waals surface area contributed by atoms with Gasteiger partial charge in [0.25, 0.3) is 0 Å². The molecule has 124 valence electrons. The molecular formula is C18H21N5O. The summed E-state index contributed by atoms with van der Waals surface area (Å²) in [4.78, 5) is 25.8. The van der Waals surface area contributed by atoms with Crippen LogP contribution in [0.5, 0.6) is 0 Å². The Labute approximate surface area is 141 Å². The number of anilines is 1. The Morgan fingerprint density at radius 2 is 1.96 bits per heavy atom. The van der Waals surface area contributed by atoms with E-state index in [1.165, 1.54) is 5.56 Å². The van der Waals surface area contributed by atoms with Gasteiger partial charge in [-0.15, -0.1) is 0 Å². The van der Waals surface area contributed by atoms with Crippen molar-refractivity contribution in [2.24, 2.45) is 0 Å². The zero-order chi connectivity index (χ0) is 16.4. The first-order chi connectivity index (χ1) is 11.8. The third kappa shape index (κ3) is 2.96. The van der Waals surface area contributed by atoms with Crippen LogP contribution in [0.3, 0.4) is 0 Å². The van der Waals surface area contributed by atoms with Gasteiger partial charge in [0, 0.05) is 35.8 Å². The van der Waals surface area contributed by atoms with Crippen molar-refractivity contribution in [1.82, 2.24) is 20.3 Å². The Hall–Kier alpha value is -2.50. The van der Waals surface area contributed by atoms with Crippen LogP contribution in [0.1, 0.15) is 36.9 Å². The number of amides is 1. The molecule has 4 rings (SSSR count). The van der Waals surface area contributed by atoms with Crippen molar-refractivity contribution in [3.05, 3.63) is 35.8 Å². The fourth-order valence-electron chi connectivity index (χ4n) is 3.42. The third-order valence-corrected chi connectivity index (χ3v) is 4.72. The van der Waals surface area contributed by atoms with Crippen LogP contribution in [-0.4, -0.2) is 33.4 Å². The van der Waals surface area contributed by atoms with Crippen LogP contribution in [0.4, 0.5) is 5.82 Å². The Morgan fingerprint density at radius 1 is 1.08 bits per heavy atom. The van der Waals surface area contributed by atoms with E-state index in [2.05, 4.69) is 15.6 Å². The molecule has 2 N–H and O–H groups in total. The zero-order valence-electron chi connectivity index (χ0n) is 13.6. The van der Waals surface area contributed by atoms with Crippen molar-refractivity contribution >= 4 is 11.7 Å². The Kier molecular flexibility index (Phi) is 4.11. The molecule has 1 fully saturated rings. The molecule has 6 heteroatoms. The first kappa shape index (κ1) is 15.1. The second-order valence-electron chi connectivity index (χ2n) is 6.39. The van der Waals surface area contributed by atoms with Crippen LogP contribution in [0.25, 0.3) is 11.4 Å². The number of nitrogens with one attached hydrogen (secondary N) is 2. The Bertz CT molecular complexity index is 747. The van der Waals surface area contributed by atoms with E-state index in [0.29, 0.717) is 5.82 Å². The molecule has 0 radical (unpaired) electrons. The van der Waals surface area contributed by atoms with Crippen molar-refractivity contribution < 1.29 is 4.79 Å². The topological polar surface area (TPSA) is 79.8 Å². The highest BCUT2D eigenvalue weighted by atomic mass is 16.2. The summed E-state index contributed by atoms with van der Waals surface area (Å²) < 4.78 is 0. The van der Waals surface area contributed by atoms with Gasteiger partial charge in [0.05, 0.1) is 0 Å². The van der Waals surface area contributed by atoms with E-state index < -0.39 is 0 Å². The predicted octanol–water partition coefficient (Wildman–Crippen LogP) is 2.11. The number of aromatic nitrogens is 3. The molecule has 1 aliphatic heterocycles. The third-order valence-electron chi connectivity index (χ3n) is 4.72. The normalized spacial score (nSPS) is 20.2. The number of nitrogens with zero attached hydrogens (tertiary/aromatic N) is 3. The summed E-state index contributed by atoms with van der Waals surface area (Å²) in [6, 6.07) is 3.62. The zero-order valence-corrected chi connectivity index (χ0v) is 13.6. The average Bonchev–Trinajstić information content (AvgIpc) is 3.01. The summed E-state index contributed by atoms with van der Waals surface area (Å²) >= 11 is 0. The monoisotopic (exact) mass is 323 g/mol. The van der Waals surface area contributed by atoms with Crippen LogP contribution < -0.4 is 10.6 Å². The second kappa shape index (κ2) is 6.55. The number of hydrogen-bond acceptors (Lipinski definition) is 5. The van der Waals surface area contributed by atoms with Crippen molar-refractivity contribution in [3.63, 3.8) is 0 Å². The highest BCUT2D eigenvalue weighted by Crippen LogP contribution is 2.30. The summed E-state index contributed by atoms with van der Waals surface area (Å²) in [5.41, 5.74) is 3.23. The van der Waals surface area contributed by atoms with Gasteiger partial charge in [-0.1, -0.05) is 0 Å². The first-order valence-corrected chi connectivity index (χ1v) is 8.66. The van der Waals surface area contributed by atoms with Crippen molar-refractivity contribution in [2.75, 3.05) is 11.9 Å². The van der Waals surface area contributed by atoms with Gasteiger partial charge in [-0.05, 0) is 50.7 Å². The fourth-order valence-corrected chi connectivity index (χ4v) is 3.42. The first-order valence-electron chi connectivity index (χ1n) is 8.66. The molecule has 1 unspecified atom stereocenters. The largest absolute Gasteiger partial charge is 0.358 e. The van der Waals surface area contributed by atoms with Crippen LogP contribution in [0.2, 0.25) is 0 Å². The Morgan fingerprint density at radius 3 is 2.83 bits per heavy atom. The number of carbonyl (C=O) groups is 1. The van der Waals surface area contributed by atoms with Crippen LogP contribution in [-0.2, 0) is 17.6 Å². The molecule has 6 nitrogen and oxygen atoms in total. The minimum absolute atomic E-state index is 0.0725. The highest BCUT2D eigenvalue weighted by Gasteiger charge is 2.25. The molecule has 1 amide bonds. The molecule has 0 aromatic carbocycles. The van der Waals surface area contributed by atoms with Gasteiger partial charge in [-0.3, -0.25) is 9.78 Å². The number of carbonyl (C=O) groups excluding carboxylic acids is 1. The highest BCUT2D eigenvalue weighted by molar-refractivity contribution is 5.85. The quantitative estimate of drug-likeness (QED) is 0.904. The molecule has 0 bridgehead atoms. The lowest BCUT2D eigenvalue weighted by molar-refractivity contribution is -0.121. The predicted molar refractivity (Wildman–Crippen MR) is 91.6 cm³/mol. The molecule has 2 aromatic heterocycles. The SMILES string of the molecule is O=C1NCCCCC1Nc1nc(-c2ccncc2)nc2c1CCC2. The molecule has 0 saturated carbocycles. The van der Waals surface area contributed by atoms with Gasteiger partial charge in [0.1, 0.15) is 11.9 Å². The average molecular weight is 323 g/mol. The number of fused-ring (bicyclic) bond motifs is 1. The van der Waals surface area contributed by atoms with Gasteiger partial charge < -0.3 is 10.6 Å². The minimum atomic E-state index is -0.211. The van der Waals surface area contributed by atoms with Crippen LogP contribution in [0.15, 0.2) is 24.5 Å². The molecule has 0 spiro atoms. The standard InChI is InChI=1S/C18H21N5O/c24-18-15(5-1-2-9-20-18)22-17-13-4-3-6-14(13)21-16(23-17)12-7-10-19-11-8-12/h7-8,10-11,15H,1-6,9H2,(H,20,24)(H,21,22,23). The molecule has 3 heterocycles. The number of rotatable bonds is 3. The maximum Gasteiger partial charge on any atom is 0.242 e. The summed E-state index contributed by atoms with van der Waals surface area (Å²) in [5, 5.41) is 6.38. The molecule has 2 aromatic rings. The molecule has 1 atom stereocenters. The van der Waals surface area contributed by atoms with E-state index >= 15 is 0 Å². The van der Waals surface area contributed by atoms with E-state index in [4.69, 9.17) is 9.97 Å². The van der Waals surface area contributed by atoms with Crippen molar-refractivity contribution in [1.29, 1.82) is 0 Å². The van der Waals surface area contributed by atoms with E-state index in [0.717, 1.165) is 62.1 Å². The molecule has 1 aliphatic carbocycles. The van der Waals surface area contributed by atoms with Gasteiger partial charge in [-0.25, -0.2) is 9.97 Å². The summed E-state index contributed by atoms with van der Waals surface area (Å²) in [6.45, 7) is 0.765.